The third-order valence-electron chi connectivity index (χ3n) is 2.56. The lowest BCUT2D eigenvalue weighted by molar-refractivity contribution is 0.679. The first kappa shape index (κ1) is 12.0. The number of anilines is 1. The fourth-order valence-corrected chi connectivity index (χ4v) is 2.55. The van der Waals surface area contributed by atoms with Gasteiger partial charge in [-0.05, 0) is 18.2 Å². The second-order valence-electron chi connectivity index (χ2n) is 3.96. The molecule has 0 aliphatic heterocycles. The van der Waals surface area contributed by atoms with Crippen molar-refractivity contribution in [1.29, 1.82) is 0 Å². The number of aryl methyl sites for hydroxylation is 3. The highest BCUT2D eigenvalue weighted by atomic mass is 32.2. The van der Waals surface area contributed by atoms with Crippen molar-refractivity contribution in [2.75, 3.05) is 5.73 Å². The summed E-state index contributed by atoms with van der Waals surface area (Å²) in [6, 6.07) is 0. The average molecular weight is 251 g/mol. The van der Waals surface area contributed by atoms with Gasteiger partial charge in [-0.2, -0.15) is 5.10 Å². The maximum Gasteiger partial charge on any atom is 0.174 e. The van der Waals surface area contributed by atoms with E-state index >= 15 is 0 Å². The van der Waals surface area contributed by atoms with E-state index in [2.05, 4.69) is 17.0 Å². The fraction of sp³-hybridized carbons (Fsp3) is 0.455. The van der Waals surface area contributed by atoms with Gasteiger partial charge in [-0.25, -0.2) is 4.98 Å². The molecule has 0 radical (unpaired) electrons. The Morgan fingerprint density at radius 3 is 2.76 bits per heavy atom. The van der Waals surface area contributed by atoms with Crippen LogP contribution in [0.25, 0.3) is 0 Å². The van der Waals surface area contributed by atoms with Crippen LogP contribution in [0.3, 0.4) is 0 Å². The van der Waals surface area contributed by atoms with Crippen LogP contribution in [0, 0.1) is 0 Å². The highest BCUT2D eigenvalue weighted by Gasteiger charge is 2.15. The molecule has 0 aromatic carbocycles. The molecule has 2 rings (SSSR count). The zero-order valence-corrected chi connectivity index (χ0v) is 11.2. The molecule has 0 saturated heterocycles. The lowest BCUT2D eigenvalue weighted by atomic mass is 10.2. The quantitative estimate of drug-likeness (QED) is 0.900. The van der Waals surface area contributed by atoms with Crippen molar-refractivity contribution < 1.29 is 0 Å². The van der Waals surface area contributed by atoms with E-state index in [-0.39, 0.29) is 0 Å². The molecule has 0 saturated carbocycles. The Hall–Kier alpha value is -1.43. The molecule has 0 fully saturated rings. The third-order valence-corrected chi connectivity index (χ3v) is 3.81. The monoisotopic (exact) mass is 251 g/mol. The SMILES string of the molecule is CCCc1nn(C)c(Sc2nccn2C)c1N. The van der Waals surface area contributed by atoms with Crippen molar-refractivity contribution in [2.24, 2.45) is 14.1 Å². The van der Waals surface area contributed by atoms with Gasteiger partial charge in [0.1, 0.15) is 5.03 Å². The summed E-state index contributed by atoms with van der Waals surface area (Å²) in [5, 5.41) is 6.32. The van der Waals surface area contributed by atoms with Crippen molar-refractivity contribution in [3.05, 3.63) is 18.1 Å². The van der Waals surface area contributed by atoms with Gasteiger partial charge < -0.3 is 10.3 Å². The summed E-state index contributed by atoms with van der Waals surface area (Å²) in [5.74, 6) is 0. The summed E-state index contributed by atoms with van der Waals surface area (Å²) in [6.07, 6.45) is 5.66. The van der Waals surface area contributed by atoms with Gasteiger partial charge in [0.05, 0.1) is 11.4 Å². The van der Waals surface area contributed by atoms with Crippen molar-refractivity contribution >= 4 is 17.4 Å². The number of hydrogen-bond acceptors (Lipinski definition) is 4. The van der Waals surface area contributed by atoms with Crippen molar-refractivity contribution in [1.82, 2.24) is 19.3 Å². The van der Waals surface area contributed by atoms with E-state index in [1.807, 2.05) is 29.5 Å². The second-order valence-corrected chi connectivity index (χ2v) is 4.92. The molecule has 0 unspecified atom stereocenters. The summed E-state index contributed by atoms with van der Waals surface area (Å²) in [4.78, 5) is 4.28. The number of nitrogens with zero attached hydrogens (tertiary/aromatic N) is 4. The third kappa shape index (κ3) is 2.31. The van der Waals surface area contributed by atoms with Gasteiger partial charge in [0.25, 0.3) is 0 Å². The average Bonchev–Trinajstić information content (AvgIpc) is 2.79. The Morgan fingerprint density at radius 1 is 1.41 bits per heavy atom. The van der Waals surface area contributed by atoms with Crippen molar-refractivity contribution in [3.8, 4) is 0 Å². The first-order valence-corrected chi connectivity index (χ1v) is 6.41. The highest BCUT2D eigenvalue weighted by molar-refractivity contribution is 7.99. The zero-order chi connectivity index (χ0) is 12.4. The normalized spacial score (nSPS) is 11.0. The lowest BCUT2D eigenvalue weighted by Gasteiger charge is -2.02. The Balaban J connectivity index is 2.30. The van der Waals surface area contributed by atoms with E-state index in [0.717, 1.165) is 34.4 Å². The standard InChI is InChI=1S/C11H17N5S/c1-4-5-8-9(12)10(16(3)14-8)17-11-13-6-7-15(11)2/h6-7H,4-5,12H2,1-3H3. The van der Waals surface area contributed by atoms with Gasteiger partial charge in [0, 0.05) is 26.5 Å². The minimum absolute atomic E-state index is 0.780. The predicted octanol–water partition coefficient (Wildman–Crippen LogP) is 1.84. The fourth-order valence-electron chi connectivity index (χ4n) is 1.66. The molecule has 2 heterocycles. The maximum absolute atomic E-state index is 6.12. The molecular formula is C11H17N5S. The largest absolute Gasteiger partial charge is 0.395 e. The molecule has 0 aliphatic rings. The van der Waals surface area contributed by atoms with Crippen LogP contribution in [-0.4, -0.2) is 19.3 Å². The molecule has 2 N–H and O–H groups in total. The Bertz CT molecular complexity index is 514. The van der Waals surface area contributed by atoms with E-state index in [0.29, 0.717) is 0 Å². The molecule has 6 heteroatoms. The van der Waals surface area contributed by atoms with Crippen LogP contribution in [0.4, 0.5) is 5.69 Å². The van der Waals surface area contributed by atoms with Crippen molar-refractivity contribution in [2.45, 2.75) is 29.9 Å². The number of nitrogens with two attached hydrogens (primary N) is 1. The first-order valence-electron chi connectivity index (χ1n) is 5.60. The zero-order valence-electron chi connectivity index (χ0n) is 10.3. The van der Waals surface area contributed by atoms with Crippen LogP contribution < -0.4 is 5.73 Å². The predicted molar refractivity (Wildman–Crippen MR) is 68.9 cm³/mol. The molecule has 0 bridgehead atoms. The molecule has 17 heavy (non-hydrogen) atoms. The van der Waals surface area contributed by atoms with E-state index in [4.69, 9.17) is 5.73 Å². The summed E-state index contributed by atoms with van der Waals surface area (Å²) in [6.45, 7) is 2.12. The summed E-state index contributed by atoms with van der Waals surface area (Å²) >= 11 is 1.55. The van der Waals surface area contributed by atoms with Gasteiger partial charge in [0.2, 0.25) is 0 Å². The molecule has 2 aromatic rings. The van der Waals surface area contributed by atoms with Crippen LogP contribution in [-0.2, 0) is 20.5 Å². The summed E-state index contributed by atoms with van der Waals surface area (Å²) in [5.41, 5.74) is 7.87. The molecule has 0 aliphatic carbocycles. The van der Waals surface area contributed by atoms with Crippen molar-refractivity contribution in [3.63, 3.8) is 0 Å². The van der Waals surface area contributed by atoms with Crippen LogP contribution in [0.5, 0.6) is 0 Å². The smallest absolute Gasteiger partial charge is 0.174 e. The highest BCUT2D eigenvalue weighted by Crippen LogP contribution is 2.32. The Morgan fingerprint density at radius 2 is 2.18 bits per heavy atom. The van der Waals surface area contributed by atoms with Gasteiger partial charge in [-0.3, -0.25) is 4.68 Å². The number of rotatable bonds is 4. The van der Waals surface area contributed by atoms with Gasteiger partial charge >= 0.3 is 0 Å². The minimum Gasteiger partial charge on any atom is -0.395 e. The summed E-state index contributed by atoms with van der Waals surface area (Å²) in [7, 11) is 3.88. The molecular weight excluding hydrogens is 234 g/mol. The molecule has 0 spiro atoms. The molecule has 0 amide bonds. The first-order chi connectivity index (χ1) is 8.13. The number of imidazole rings is 1. The molecule has 0 atom stereocenters. The van der Waals surface area contributed by atoms with Crippen LogP contribution in [0.2, 0.25) is 0 Å². The molecule has 5 nitrogen and oxygen atoms in total. The van der Waals surface area contributed by atoms with Crippen LogP contribution in [0.15, 0.2) is 22.6 Å². The van der Waals surface area contributed by atoms with E-state index in [1.165, 1.54) is 0 Å². The van der Waals surface area contributed by atoms with Gasteiger partial charge in [-0.15, -0.1) is 0 Å². The van der Waals surface area contributed by atoms with E-state index in [9.17, 15) is 0 Å². The summed E-state index contributed by atoms with van der Waals surface area (Å²) < 4.78 is 3.80. The van der Waals surface area contributed by atoms with Gasteiger partial charge in [0.15, 0.2) is 5.16 Å². The van der Waals surface area contributed by atoms with E-state index < -0.39 is 0 Å². The number of nitrogen functional groups attached to an aromatic ring is 1. The van der Waals surface area contributed by atoms with Gasteiger partial charge in [-0.1, -0.05) is 13.3 Å². The van der Waals surface area contributed by atoms with Crippen LogP contribution in [0.1, 0.15) is 19.0 Å². The Kier molecular flexibility index (Phi) is 3.42. The molecule has 2 aromatic heterocycles. The topological polar surface area (TPSA) is 61.7 Å². The maximum atomic E-state index is 6.12. The minimum atomic E-state index is 0.780. The second kappa shape index (κ2) is 4.83. The number of hydrogen-bond donors (Lipinski definition) is 1. The lowest BCUT2D eigenvalue weighted by Crippen LogP contribution is -1.96. The molecule has 92 valence electrons. The van der Waals surface area contributed by atoms with E-state index in [1.54, 1.807) is 18.0 Å². The van der Waals surface area contributed by atoms with Crippen LogP contribution >= 0.6 is 11.8 Å². The number of aromatic nitrogens is 4. The Labute approximate surface area is 105 Å².